The molecule has 16 aliphatic rings. The zero-order valence-electron chi connectivity index (χ0n) is 55.7. The average molecular weight is 1170 g/mol. The summed E-state index contributed by atoms with van der Waals surface area (Å²) >= 11 is 0. The number of hydrogen-bond acceptors (Lipinski definition) is 4. The van der Waals surface area contributed by atoms with Crippen LogP contribution >= 0.6 is 0 Å². The molecule has 0 spiro atoms. The van der Waals surface area contributed by atoms with Gasteiger partial charge >= 0.3 is 0 Å². The Morgan fingerprint density at radius 1 is 0.141 bits per heavy atom. The smallest absolute Gasteiger partial charge is 0.0129 e. The molecule has 4 saturated heterocycles. The van der Waals surface area contributed by atoms with Crippen LogP contribution in [0.15, 0.2) is 0 Å². The number of likely N-dealkylation sites (tertiary alicyclic amines) is 4. The largest absolute Gasteiger partial charge is 0.294 e. The first-order chi connectivity index (χ1) is 42.2. The van der Waals surface area contributed by atoms with Gasteiger partial charge in [-0.05, 0) is 333 Å². The summed E-state index contributed by atoms with van der Waals surface area (Å²) < 4.78 is 0. The highest BCUT2D eigenvalue weighted by molar-refractivity contribution is 5.11. The van der Waals surface area contributed by atoms with Gasteiger partial charge in [-0.1, -0.05) is 103 Å². The van der Waals surface area contributed by atoms with Gasteiger partial charge in [0.15, 0.2) is 0 Å². The summed E-state index contributed by atoms with van der Waals surface area (Å²) in [6, 6.07) is 11.0. The second-order valence-electron chi connectivity index (χ2n) is 36.0. The Kier molecular flexibility index (Phi) is 19.0. The van der Waals surface area contributed by atoms with E-state index in [-0.39, 0.29) is 0 Å². The first-order valence-electron chi connectivity index (χ1n) is 41.2. The molecule has 4 heteroatoms. The predicted octanol–water partition coefficient (Wildman–Crippen LogP) is 21.1. The molecular weight excluding hydrogens is 1030 g/mol. The Morgan fingerprint density at radius 3 is 0.435 bits per heavy atom. The first kappa shape index (κ1) is 59.8. The van der Waals surface area contributed by atoms with Gasteiger partial charge in [0.2, 0.25) is 0 Å². The Bertz CT molecular complexity index is 1700. The SMILES string of the molecule is C1CCC2C(C1)CCC1CCCCC1N2C1CCC(C(C2CCC(N3C4CCCCC4CCC4CCCCC43)CC2)(C2CCC(N3C4CCCCC4CCC4CCCCC43)CC2)C2CCC(N3C4CCCCC4CCC4CCCCC43)CC2)CC1. The topological polar surface area (TPSA) is 13.0 Å². The van der Waals surface area contributed by atoms with Crippen LogP contribution in [0.1, 0.15) is 360 Å². The van der Waals surface area contributed by atoms with Gasteiger partial charge in [-0.15, -0.1) is 0 Å². The van der Waals surface area contributed by atoms with E-state index >= 15 is 0 Å². The van der Waals surface area contributed by atoms with Crippen LogP contribution in [0.5, 0.6) is 0 Å². The van der Waals surface area contributed by atoms with E-state index in [2.05, 4.69) is 19.6 Å². The Balaban J connectivity index is 0.745. The minimum Gasteiger partial charge on any atom is -0.294 e. The fourth-order valence-corrected chi connectivity index (χ4v) is 29.7. The third-order valence-corrected chi connectivity index (χ3v) is 33.0. The van der Waals surface area contributed by atoms with E-state index in [0.717, 1.165) is 144 Å². The summed E-state index contributed by atoms with van der Waals surface area (Å²) in [7, 11) is 0. The molecule has 0 amide bonds. The third kappa shape index (κ3) is 11.6. The lowest BCUT2D eigenvalue weighted by Crippen LogP contribution is -2.60. The fraction of sp³-hybridized carbons (Fsp3) is 1.00. The van der Waals surface area contributed by atoms with Gasteiger partial charge in [0.05, 0.1) is 0 Å². The second-order valence-corrected chi connectivity index (χ2v) is 36.0. The molecule has 12 aliphatic carbocycles. The molecule has 12 saturated carbocycles. The molecule has 0 aromatic heterocycles. The minimum atomic E-state index is 0.573. The van der Waals surface area contributed by atoms with E-state index in [1.807, 2.05) is 0 Å². The minimum absolute atomic E-state index is 0.573. The molecular formula is C81H136N4. The lowest BCUT2D eigenvalue weighted by molar-refractivity contribution is -0.136. The van der Waals surface area contributed by atoms with Crippen LogP contribution in [0, 0.1) is 76.4 Å². The molecule has 16 unspecified atom stereocenters. The molecule has 16 fully saturated rings. The van der Waals surface area contributed by atoms with Gasteiger partial charge in [0, 0.05) is 72.5 Å². The normalized spacial score (nSPS) is 50.0. The van der Waals surface area contributed by atoms with Crippen molar-refractivity contribution in [1.29, 1.82) is 0 Å². The van der Waals surface area contributed by atoms with Gasteiger partial charge in [-0.3, -0.25) is 19.6 Å². The highest BCUT2D eigenvalue weighted by Gasteiger charge is 2.60. The zero-order chi connectivity index (χ0) is 56.3. The van der Waals surface area contributed by atoms with E-state index in [9.17, 15) is 0 Å². The number of rotatable bonds is 8. The summed E-state index contributed by atoms with van der Waals surface area (Å²) in [4.78, 5) is 13.9. The van der Waals surface area contributed by atoms with Crippen LogP contribution in [0.2, 0.25) is 0 Å². The van der Waals surface area contributed by atoms with Crippen molar-refractivity contribution < 1.29 is 0 Å². The van der Waals surface area contributed by atoms with Crippen molar-refractivity contribution >= 4 is 0 Å². The Labute approximate surface area is 525 Å². The average Bonchev–Trinajstić information content (AvgIpc) is 2.12. The molecule has 4 aliphatic heterocycles. The molecule has 0 N–H and O–H groups in total. The van der Waals surface area contributed by atoms with Crippen LogP contribution in [0.4, 0.5) is 0 Å². The number of nitrogens with zero attached hydrogens (tertiary/aromatic N) is 4. The lowest BCUT2D eigenvalue weighted by Gasteiger charge is -2.63. The summed E-state index contributed by atoms with van der Waals surface area (Å²) in [5, 5.41) is 0. The quantitative estimate of drug-likeness (QED) is 0.240. The molecule has 0 aromatic rings. The van der Waals surface area contributed by atoms with Crippen LogP contribution in [-0.2, 0) is 0 Å². The van der Waals surface area contributed by atoms with Crippen molar-refractivity contribution in [3.8, 4) is 0 Å². The maximum absolute atomic E-state index is 3.48. The molecule has 16 rings (SSSR count). The van der Waals surface area contributed by atoms with E-state index in [0.29, 0.717) is 5.41 Å². The molecule has 16 atom stereocenters. The fourth-order valence-electron chi connectivity index (χ4n) is 29.7. The summed E-state index contributed by atoms with van der Waals surface area (Å²) in [6.07, 6.45) is 87.7. The second kappa shape index (κ2) is 27.1. The van der Waals surface area contributed by atoms with E-state index < -0.39 is 0 Å². The van der Waals surface area contributed by atoms with Crippen molar-refractivity contribution in [1.82, 2.24) is 19.6 Å². The number of fused-ring (bicyclic) bond motifs is 8. The zero-order valence-corrected chi connectivity index (χ0v) is 55.7. The summed E-state index contributed by atoms with van der Waals surface area (Å²) in [5.74, 6) is 12.1. The lowest BCUT2D eigenvalue weighted by atomic mass is 9.44. The van der Waals surface area contributed by atoms with Gasteiger partial charge in [0.25, 0.3) is 0 Å². The van der Waals surface area contributed by atoms with E-state index in [4.69, 9.17) is 0 Å². The highest BCUT2D eigenvalue weighted by atomic mass is 15.3. The molecule has 0 radical (unpaired) electrons. The highest BCUT2D eigenvalue weighted by Crippen LogP contribution is 2.65. The van der Waals surface area contributed by atoms with Crippen LogP contribution in [0.3, 0.4) is 0 Å². The molecule has 4 nitrogen and oxygen atoms in total. The van der Waals surface area contributed by atoms with Crippen LogP contribution in [-0.4, -0.2) is 92.1 Å². The van der Waals surface area contributed by atoms with Crippen molar-refractivity contribution in [3.05, 3.63) is 0 Å². The monoisotopic (exact) mass is 1170 g/mol. The van der Waals surface area contributed by atoms with Gasteiger partial charge in [0.1, 0.15) is 0 Å². The van der Waals surface area contributed by atoms with Crippen LogP contribution in [0.25, 0.3) is 0 Å². The van der Waals surface area contributed by atoms with Crippen molar-refractivity contribution in [2.24, 2.45) is 76.4 Å². The molecule has 0 aromatic carbocycles. The van der Waals surface area contributed by atoms with Crippen molar-refractivity contribution in [2.45, 2.75) is 432 Å². The number of hydrogen-bond donors (Lipinski definition) is 0. The van der Waals surface area contributed by atoms with Crippen molar-refractivity contribution in [3.63, 3.8) is 0 Å². The standard InChI is InChI=1S/C81H136N4/c1-9-25-73-57(17-1)33-34-58-18-2-10-26-74(58)82(73)69-49-41-65(42-50-69)81(66-43-51-70(52-44-66)83-75-27-11-3-19-59(75)35-36-60-20-4-12-28-76(60)83,67-45-53-71(54-46-67)84-77-29-13-5-21-61(77)37-38-62-22-6-14-30-78(62)84)68-47-55-72(56-48-68)85-79-31-15-7-23-63(79)39-40-64-24-8-16-32-80(64)85/h57-80H,1-56H2. The van der Waals surface area contributed by atoms with Gasteiger partial charge in [-0.2, -0.15) is 0 Å². The van der Waals surface area contributed by atoms with Crippen molar-refractivity contribution in [2.75, 3.05) is 0 Å². The maximum atomic E-state index is 3.48. The molecule has 480 valence electrons. The third-order valence-electron chi connectivity index (χ3n) is 33.0. The van der Waals surface area contributed by atoms with E-state index in [1.54, 1.807) is 257 Å². The van der Waals surface area contributed by atoms with Gasteiger partial charge < -0.3 is 0 Å². The first-order valence-corrected chi connectivity index (χ1v) is 41.2. The molecule has 85 heavy (non-hydrogen) atoms. The predicted molar refractivity (Wildman–Crippen MR) is 356 cm³/mol. The summed E-state index contributed by atoms with van der Waals surface area (Å²) in [6.45, 7) is 0. The molecule has 0 bridgehead atoms. The Hall–Kier alpha value is -0.160. The summed E-state index contributed by atoms with van der Waals surface area (Å²) in [5.41, 5.74) is 0.573. The van der Waals surface area contributed by atoms with Gasteiger partial charge in [-0.25, -0.2) is 0 Å². The van der Waals surface area contributed by atoms with E-state index in [1.165, 1.54) is 103 Å². The Morgan fingerprint density at radius 2 is 0.282 bits per heavy atom. The maximum Gasteiger partial charge on any atom is 0.0129 e. The molecule has 4 heterocycles. The van der Waals surface area contributed by atoms with Crippen LogP contribution < -0.4 is 0 Å².